The van der Waals surface area contributed by atoms with E-state index in [0.29, 0.717) is 24.1 Å². The number of rotatable bonds is 9. The van der Waals surface area contributed by atoms with Gasteiger partial charge in [-0.25, -0.2) is 4.39 Å². The van der Waals surface area contributed by atoms with Crippen LogP contribution in [0.15, 0.2) is 42.5 Å². The molecule has 0 spiro atoms. The number of benzene rings is 2. The first-order chi connectivity index (χ1) is 17.5. The number of ether oxygens (including phenoxy) is 3. The number of carbonyl (C=O) groups is 1. The zero-order chi connectivity index (χ0) is 25.5. The number of nitrogens with zero attached hydrogens (tertiary/aromatic N) is 3. The molecule has 0 bridgehead atoms. The van der Waals surface area contributed by atoms with E-state index in [4.69, 9.17) is 14.2 Å². The monoisotopic (exact) mass is 499 g/mol. The van der Waals surface area contributed by atoms with Gasteiger partial charge >= 0.3 is 5.97 Å². The number of halogens is 1. The second-order valence-corrected chi connectivity index (χ2v) is 9.62. The van der Waals surface area contributed by atoms with Crippen molar-refractivity contribution >= 4 is 11.7 Å². The average molecular weight is 500 g/mol. The predicted octanol–water partition coefficient (Wildman–Crippen LogP) is 3.81. The highest BCUT2D eigenvalue weighted by molar-refractivity contribution is 5.69. The lowest BCUT2D eigenvalue weighted by Gasteiger charge is -2.47. The molecule has 0 amide bonds. The van der Waals surface area contributed by atoms with Gasteiger partial charge in [-0.2, -0.15) is 0 Å². The number of hydrogen-bond donors (Lipinski definition) is 0. The quantitative estimate of drug-likeness (QED) is 0.487. The smallest absolute Gasteiger partial charge is 0.305 e. The summed E-state index contributed by atoms with van der Waals surface area (Å²) in [4.78, 5) is 19.1. The molecule has 2 aromatic carbocycles. The summed E-state index contributed by atoms with van der Waals surface area (Å²) >= 11 is 0. The van der Waals surface area contributed by atoms with Gasteiger partial charge in [0.05, 0.1) is 27.0 Å². The fourth-order valence-corrected chi connectivity index (χ4v) is 5.63. The summed E-state index contributed by atoms with van der Waals surface area (Å²) in [6, 6.07) is 13.4. The van der Waals surface area contributed by atoms with E-state index >= 15 is 0 Å². The zero-order valence-electron chi connectivity index (χ0n) is 21.6. The van der Waals surface area contributed by atoms with Gasteiger partial charge in [-0.3, -0.25) is 14.6 Å². The number of para-hydroxylation sites is 1. The Morgan fingerprint density at radius 1 is 1.00 bits per heavy atom. The van der Waals surface area contributed by atoms with Crippen molar-refractivity contribution in [3.63, 3.8) is 0 Å². The number of esters is 1. The van der Waals surface area contributed by atoms with E-state index in [0.717, 1.165) is 75.7 Å². The first-order valence-electron chi connectivity index (χ1n) is 12.8. The van der Waals surface area contributed by atoms with Gasteiger partial charge in [0.2, 0.25) is 0 Å². The Hall–Kier alpha value is -2.84. The maximum atomic E-state index is 14.3. The van der Waals surface area contributed by atoms with Crippen LogP contribution in [-0.2, 0) is 16.1 Å². The van der Waals surface area contributed by atoms with Gasteiger partial charge in [-0.05, 0) is 43.5 Å². The Morgan fingerprint density at radius 2 is 1.78 bits per heavy atom. The molecule has 2 saturated heterocycles. The lowest BCUT2D eigenvalue weighted by Crippen LogP contribution is -2.56. The Kier molecular flexibility index (Phi) is 9.04. The van der Waals surface area contributed by atoms with Gasteiger partial charge in [0.15, 0.2) is 0 Å². The molecule has 0 aromatic heterocycles. The lowest BCUT2D eigenvalue weighted by atomic mass is 9.86. The highest BCUT2D eigenvalue weighted by atomic mass is 19.1. The Morgan fingerprint density at radius 3 is 2.47 bits per heavy atom. The van der Waals surface area contributed by atoms with Crippen LogP contribution in [0.3, 0.4) is 0 Å². The van der Waals surface area contributed by atoms with E-state index < -0.39 is 0 Å². The van der Waals surface area contributed by atoms with Crippen LogP contribution < -0.4 is 14.4 Å². The molecule has 2 aliphatic heterocycles. The third kappa shape index (κ3) is 6.28. The summed E-state index contributed by atoms with van der Waals surface area (Å²) in [6.45, 7) is 6.05. The highest BCUT2D eigenvalue weighted by Gasteiger charge is 2.35. The third-order valence-electron chi connectivity index (χ3n) is 7.59. The molecule has 36 heavy (non-hydrogen) atoms. The maximum Gasteiger partial charge on any atom is 0.305 e. The molecule has 0 unspecified atom stereocenters. The minimum Gasteiger partial charge on any atom is -0.497 e. The standard InChI is InChI=1S/C28H38FN3O4/c1-34-23-10-8-22(27(18-23)35-2)20-30-13-12-25(21(19-30)9-11-28(33)36-3)31-14-16-32(17-15-31)26-7-5-4-6-24(26)29/h4-8,10,18,21,25H,9,11-17,19-20H2,1-3H3/t21-,25+/m1/s1. The van der Waals surface area contributed by atoms with Crippen molar-refractivity contribution in [1.82, 2.24) is 9.80 Å². The number of piperidine rings is 1. The molecule has 2 aromatic rings. The Balaban J connectivity index is 1.41. The van der Waals surface area contributed by atoms with Crippen molar-refractivity contribution in [2.24, 2.45) is 5.92 Å². The lowest BCUT2D eigenvalue weighted by molar-refractivity contribution is -0.141. The van der Waals surface area contributed by atoms with Crippen molar-refractivity contribution < 1.29 is 23.4 Å². The summed E-state index contributed by atoms with van der Waals surface area (Å²) < 4.78 is 30.2. The number of anilines is 1. The van der Waals surface area contributed by atoms with E-state index in [-0.39, 0.29) is 11.8 Å². The van der Waals surface area contributed by atoms with Crippen LogP contribution in [0.25, 0.3) is 0 Å². The van der Waals surface area contributed by atoms with E-state index in [2.05, 4.69) is 20.8 Å². The number of likely N-dealkylation sites (tertiary alicyclic amines) is 1. The molecule has 0 N–H and O–H groups in total. The van der Waals surface area contributed by atoms with Crippen LogP contribution in [0, 0.1) is 11.7 Å². The minimum atomic E-state index is -0.163. The number of hydrogen-bond acceptors (Lipinski definition) is 7. The molecular weight excluding hydrogens is 461 g/mol. The van der Waals surface area contributed by atoms with Gasteiger partial charge < -0.3 is 19.1 Å². The fraction of sp³-hybridized carbons (Fsp3) is 0.536. The van der Waals surface area contributed by atoms with Crippen LogP contribution in [0.1, 0.15) is 24.8 Å². The van der Waals surface area contributed by atoms with Crippen LogP contribution in [-0.4, -0.2) is 82.4 Å². The second kappa shape index (κ2) is 12.4. The molecule has 2 atom stereocenters. The average Bonchev–Trinajstić information content (AvgIpc) is 2.92. The van der Waals surface area contributed by atoms with Crippen LogP contribution >= 0.6 is 0 Å². The van der Waals surface area contributed by atoms with Crippen LogP contribution in [0.2, 0.25) is 0 Å². The predicted molar refractivity (Wildman–Crippen MR) is 138 cm³/mol. The number of methoxy groups -OCH3 is 3. The Bertz CT molecular complexity index is 1010. The molecule has 7 nitrogen and oxygen atoms in total. The number of piperazine rings is 1. The van der Waals surface area contributed by atoms with E-state index in [1.54, 1.807) is 20.3 Å². The highest BCUT2D eigenvalue weighted by Crippen LogP contribution is 2.31. The molecular formula is C28H38FN3O4. The molecule has 2 heterocycles. The van der Waals surface area contributed by atoms with Crippen molar-refractivity contribution in [2.75, 3.05) is 65.5 Å². The molecule has 2 aliphatic rings. The SMILES string of the molecule is COC(=O)CC[C@@H]1CN(Cc2ccc(OC)cc2OC)CC[C@@H]1N1CCN(c2ccccc2F)CC1. The van der Waals surface area contributed by atoms with Gasteiger partial charge in [0.25, 0.3) is 0 Å². The second-order valence-electron chi connectivity index (χ2n) is 9.62. The molecule has 0 saturated carbocycles. The molecule has 196 valence electrons. The molecule has 0 aliphatic carbocycles. The summed E-state index contributed by atoms with van der Waals surface area (Å²) in [7, 11) is 4.79. The van der Waals surface area contributed by atoms with Crippen LogP contribution in [0.5, 0.6) is 11.5 Å². The van der Waals surface area contributed by atoms with E-state index in [9.17, 15) is 9.18 Å². The van der Waals surface area contributed by atoms with Gasteiger partial charge in [-0.15, -0.1) is 0 Å². The summed E-state index contributed by atoms with van der Waals surface area (Å²) in [5, 5.41) is 0. The van der Waals surface area contributed by atoms with Gasteiger partial charge in [0.1, 0.15) is 17.3 Å². The fourth-order valence-electron chi connectivity index (χ4n) is 5.63. The first kappa shape index (κ1) is 26.2. The summed E-state index contributed by atoms with van der Waals surface area (Å²) in [6.07, 6.45) is 2.25. The Labute approximate surface area is 213 Å². The van der Waals surface area contributed by atoms with Crippen molar-refractivity contribution in [2.45, 2.75) is 31.8 Å². The number of carbonyl (C=O) groups excluding carboxylic acids is 1. The summed E-state index contributed by atoms with van der Waals surface area (Å²) in [5.41, 5.74) is 1.81. The zero-order valence-corrected chi connectivity index (χ0v) is 21.6. The topological polar surface area (TPSA) is 54.5 Å². The molecule has 0 radical (unpaired) electrons. The van der Waals surface area contributed by atoms with Gasteiger partial charge in [0, 0.05) is 63.4 Å². The van der Waals surface area contributed by atoms with E-state index in [1.165, 1.54) is 13.2 Å². The van der Waals surface area contributed by atoms with Crippen molar-refractivity contribution in [3.05, 3.63) is 53.8 Å². The van der Waals surface area contributed by atoms with Crippen LogP contribution in [0.4, 0.5) is 10.1 Å². The molecule has 2 fully saturated rings. The summed E-state index contributed by atoms with van der Waals surface area (Å²) in [5.74, 6) is 1.63. The van der Waals surface area contributed by atoms with Gasteiger partial charge in [-0.1, -0.05) is 18.2 Å². The minimum absolute atomic E-state index is 0.160. The third-order valence-corrected chi connectivity index (χ3v) is 7.59. The largest absolute Gasteiger partial charge is 0.497 e. The van der Waals surface area contributed by atoms with Crippen molar-refractivity contribution in [1.29, 1.82) is 0 Å². The van der Waals surface area contributed by atoms with Crippen molar-refractivity contribution in [3.8, 4) is 11.5 Å². The maximum absolute atomic E-state index is 14.3. The normalized spacial score (nSPS) is 21.3. The first-order valence-corrected chi connectivity index (χ1v) is 12.8. The molecule has 8 heteroatoms. The van der Waals surface area contributed by atoms with E-state index in [1.807, 2.05) is 24.3 Å². The molecule has 4 rings (SSSR count).